The normalized spacial score (nSPS) is 17.8. The van der Waals surface area contributed by atoms with Gasteiger partial charge in [0.1, 0.15) is 11.5 Å². The fourth-order valence-corrected chi connectivity index (χ4v) is 3.65. The molecule has 3 aromatic heterocycles. The van der Waals surface area contributed by atoms with Crippen molar-refractivity contribution < 1.29 is 4.79 Å². The van der Waals surface area contributed by atoms with Crippen LogP contribution >= 0.6 is 0 Å². The summed E-state index contributed by atoms with van der Waals surface area (Å²) in [6.45, 7) is 3.40. The first-order valence-corrected chi connectivity index (χ1v) is 9.36. The summed E-state index contributed by atoms with van der Waals surface area (Å²) in [7, 11) is 1.83. The zero-order valence-electron chi connectivity index (χ0n) is 15.5. The van der Waals surface area contributed by atoms with Gasteiger partial charge in [-0.15, -0.1) is 15.3 Å². The van der Waals surface area contributed by atoms with Crippen molar-refractivity contribution in [3.63, 3.8) is 0 Å². The highest BCUT2D eigenvalue weighted by Gasteiger charge is 2.34. The molecular formula is C18H22N8O. The van der Waals surface area contributed by atoms with Crippen molar-refractivity contribution in [3.05, 3.63) is 35.4 Å². The van der Waals surface area contributed by atoms with E-state index in [9.17, 15) is 4.79 Å². The van der Waals surface area contributed by atoms with Crippen LogP contribution in [0.4, 0.5) is 5.82 Å². The molecule has 0 spiro atoms. The molecule has 1 saturated carbocycles. The molecule has 1 N–H and O–H groups in total. The number of amides is 1. The number of rotatable bonds is 4. The molecule has 1 saturated heterocycles. The van der Waals surface area contributed by atoms with Crippen LogP contribution in [0.3, 0.4) is 0 Å². The lowest BCUT2D eigenvalue weighted by atomic mass is 9.85. The first-order valence-electron chi connectivity index (χ1n) is 9.36. The topological polar surface area (TPSA) is 95.3 Å². The average molecular weight is 366 g/mol. The zero-order chi connectivity index (χ0) is 18.5. The van der Waals surface area contributed by atoms with Gasteiger partial charge in [-0.2, -0.15) is 9.61 Å². The number of anilines is 1. The van der Waals surface area contributed by atoms with Crippen molar-refractivity contribution in [1.29, 1.82) is 0 Å². The summed E-state index contributed by atoms with van der Waals surface area (Å²) in [6, 6.07) is 5.87. The maximum atomic E-state index is 12.5. The number of nitrogens with zero attached hydrogens (tertiary/aromatic N) is 7. The molecule has 2 aliphatic rings. The molecule has 0 atom stereocenters. The van der Waals surface area contributed by atoms with Crippen LogP contribution in [0.5, 0.6) is 0 Å². The highest BCUT2D eigenvalue weighted by molar-refractivity contribution is 5.92. The summed E-state index contributed by atoms with van der Waals surface area (Å²) in [5, 5.41) is 20.2. The minimum atomic E-state index is -0.0570. The van der Waals surface area contributed by atoms with E-state index >= 15 is 0 Å². The molecule has 3 aromatic rings. The van der Waals surface area contributed by atoms with Crippen LogP contribution in [0.2, 0.25) is 0 Å². The third-order valence-corrected chi connectivity index (χ3v) is 5.72. The van der Waals surface area contributed by atoms with Crippen LogP contribution < -0.4 is 4.90 Å². The van der Waals surface area contributed by atoms with Crippen molar-refractivity contribution in [2.24, 2.45) is 0 Å². The van der Waals surface area contributed by atoms with Crippen LogP contribution in [0.1, 0.15) is 47.2 Å². The van der Waals surface area contributed by atoms with Gasteiger partial charge in [-0.25, -0.2) is 0 Å². The number of hydrogen-bond donors (Lipinski definition) is 1. The number of hydrogen-bond acceptors (Lipinski definition) is 6. The van der Waals surface area contributed by atoms with E-state index < -0.39 is 0 Å². The van der Waals surface area contributed by atoms with Crippen LogP contribution in [-0.2, 0) is 0 Å². The molecule has 1 aliphatic heterocycles. The van der Waals surface area contributed by atoms with Crippen molar-refractivity contribution in [2.45, 2.75) is 38.1 Å². The summed E-state index contributed by atoms with van der Waals surface area (Å²) in [5.74, 6) is 2.29. The highest BCUT2D eigenvalue weighted by atomic mass is 16.2. The van der Waals surface area contributed by atoms with E-state index in [1.54, 1.807) is 11.0 Å². The summed E-state index contributed by atoms with van der Waals surface area (Å²) in [5.41, 5.74) is 2.14. The predicted molar refractivity (Wildman–Crippen MR) is 98.8 cm³/mol. The largest absolute Gasteiger partial charge is 0.351 e. The lowest BCUT2D eigenvalue weighted by molar-refractivity contribution is 0.0699. The average Bonchev–Trinajstić information content (AvgIpc) is 3.18. The summed E-state index contributed by atoms with van der Waals surface area (Å²) < 4.78 is 1.88. The second-order valence-corrected chi connectivity index (χ2v) is 7.56. The zero-order valence-corrected chi connectivity index (χ0v) is 15.5. The van der Waals surface area contributed by atoms with Gasteiger partial charge in [0, 0.05) is 31.7 Å². The second-order valence-electron chi connectivity index (χ2n) is 7.56. The van der Waals surface area contributed by atoms with Crippen molar-refractivity contribution in [3.8, 4) is 0 Å². The number of aryl methyl sites for hydroxylation is 1. The Kier molecular flexibility index (Phi) is 3.63. The highest BCUT2D eigenvalue weighted by Crippen LogP contribution is 2.35. The van der Waals surface area contributed by atoms with Gasteiger partial charge in [-0.05, 0) is 38.0 Å². The number of likely N-dealkylation sites (N-methyl/N-ethyl adjacent to an activating group) is 1. The van der Waals surface area contributed by atoms with E-state index in [1.807, 2.05) is 30.6 Å². The van der Waals surface area contributed by atoms with Gasteiger partial charge in [0.05, 0.1) is 6.04 Å². The molecule has 0 radical (unpaired) electrons. The van der Waals surface area contributed by atoms with Crippen LogP contribution in [0.25, 0.3) is 5.65 Å². The maximum Gasteiger partial charge on any atom is 0.274 e. The first-order chi connectivity index (χ1) is 13.1. The van der Waals surface area contributed by atoms with E-state index in [0.717, 1.165) is 48.9 Å². The van der Waals surface area contributed by atoms with Gasteiger partial charge >= 0.3 is 0 Å². The first kappa shape index (κ1) is 16.2. The number of carbonyl (C=O) groups is 1. The van der Waals surface area contributed by atoms with Gasteiger partial charge < -0.3 is 9.80 Å². The summed E-state index contributed by atoms with van der Waals surface area (Å²) >= 11 is 0. The van der Waals surface area contributed by atoms with Crippen molar-refractivity contribution in [1.82, 2.24) is 34.9 Å². The van der Waals surface area contributed by atoms with E-state index in [4.69, 9.17) is 5.10 Å². The quantitative estimate of drug-likeness (QED) is 0.750. The van der Waals surface area contributed by atoms with E-state index in [0.29, 0.717) is 11.6 Å². The molecule has 140 valence electrons. The lowest BCUT2D eigenvalue weighted by Crippen LogP contribution is -2.60. The predicted octanol–water partition coefficient (Wildman–Crippen LogP) is 1.38. The molecule has 9 heteroatoms. The Bertz CT molecular complexity index is 998. The standard InChI is InChI=1S/C18H22N8O/c1-11-8-14(20-19-11)18(27)24(2)13-9-25(10-13)16-7-6-15-21-22-17(26(15)23-16)12-4-3-5-12/h6-8,12-13H,3-5,9-10H2,1-2H3,(H,19,20). The number of fused-ring (bicyclic) bond motifs is 1. The smallest absolute Gasteiger partial charge is 0.274 e. The van der Waals surface area contributed by atoms with Crippen LogP contribution in [-0.4, -0.2) is 67.0 Å². The molecule has 0 aromatic carbocycles. The number of carbonyl (C=O) groups excluding carboxylic acids is 1. The molecule has 1 aliphatic carbocycles. The van der Waals surface area contributed by atoms with E-state index in [2.05, 4.69) is 25.3 Å². The maximum absolute atomic E-state index is 12.5. The van der Waals surface area contributed by atoms with Crippen LogP contribution in [0, 0.1) is 6.92 Å². The molecule has 27 heavy (non-hydrogen) atoms. The van der Waals surface area contributed by atoms with Gasteiger partial charge in [0.25, 0.3) is 5.91 Å². The Morgan fingerprint density at radius 1 is 1.26 bits per heavy atom. The fourth-order valence-electron chi connectivity index (χ4n) is 3.65. The van der Waals surface area contributed by atoms with Gasteiger partial charge in [0.2, 0.25) is 0 Å². The number of H-pyrrole nitrogens is 1. The SMILES string of the molecule is Cc1cc(C(=O)N(C)C2CN(c3ccc4nnc(C5CCC5)n4n3)C2)n[nH]1. The summed E-state index contributed by atoms with van der Waals surface area (Å²) in [4.78, 5) is 16.5. The van der Waals surface area contributed by atoms with Gasteiger partial charge in [-0.1, -0.05) is 6.42 Å². The van der Waals surface area contributed by atoms with Crippen molar-refractivity contribution >= 4 is 17.4 Å². The molecule has 5 rings (SSSR count). The number of nitrogens with one attached hydrogen (secondary N) is 1. The van der Waals surface area contributed by atoms with Crippen molar-refractivity contribution in [2.75, 3.05) is 25.0 Å². The minimum absolute atomic E-state index is 0.0570. The molecule has 0 bridgehead atoms. The molecule has 2 fully saturated rings. The third-order valence-electron chi connectivity index (χ3n) is 5.72. The monoisotopic (exact) mass is 366 g/mol. The van der Waals surface area contributed by atoms with Gasteiger partial charge in [-0.3, -0.25) is 9.89 Å². The van der Waals surface area contributed by atoms with E-state index in [1.165, 1.54) is 6.42 Å². The molecule has 0 unspecified atom stereocenters. The Morgan fingerprint density at radius 3 is 2.74 bits per heavy atom. The van der Waals surface area contributed by atoms with E-state index in [-0.39, 0.29) is 11.9 Å². The Labute approximate surface area is 156 Å². The number of aromatic amines is 1. The molecule has 9 nitrogen and oxygen atoms in total. The molecule has 4 heterocycles. The number of aromatic nitrogens is 6. The Hall–Kier alpha value is -2.97. The minimum Gasteiger partial charge on any atom is -0.351 e. The third kappa shape index (κ3) is 2.65. The van der Waals surface area contributed by atoms with Gasteiger partial charge in [0.15, 0.2) is 11.5 Å². The fraction of sp³-hybridized carbons (Fsp3) is 0.500. The summed E-state index contributed by atoms with van der Waals surface area (Å²) in [6.07, 6.45) is 3.58. The molecular weight excluding hydrogens is 344 g/mol. The molecule has 1 amide bonds. The lowest BCUT2D eigenvalue weighted by Gasteiger charge is -2.44. The Morgan fingerprint density at radius 2 is 2.07 bits per heavy atom. The van der Waals surface area contributed by atoms with Crippen LogP contribution in [0.15, 0.2) is 18.2 Å². The second kappa shape index (κ2) is 6.04. The Balaban J connectivity index is 1.29.